The summed E-state index contributed by atoms with van der Waals surface area (Å²) in [5, 5.41) is 2.95. The van der Waals surface area contributed by atoms with Crippen LogP contribution in [0, 0.1) is 0 Å². The summed E-state index contributed by atoms with van der Waals surface area (Å²) in [6.45, 7) is 4.34. The van der Waals surface area contributed by atoms with Crippen molar-refractivity contribution in [3.8, 4) is 11.5 Å². The van der Waals surface area contributed by atoms with E-state index in [-0.39, 0.29) is 22.3 Å². The Kier molecular flexibility index (Phi) is 5.74. The number of ether oxygens (including phenoxy) is 2. The van der Waals surface area contributed by atoms with Crippen LogP contribution in [0.25, 0.3) is 0 Å². The monoisotopic (exact) mass is 392 g/mol. The molecule has 1 amide bonds. The predicted octanol–water partition coefficient (Wildman–Crippen LogP) is 2.85. The van der Waals surface area contributed by atoms with E-state index in [0.717, 1.165) is 5.69 Å². The van der Waals surface area contributed by atoms with Crippen molar-refractivity contribution in [1.82, 2.24) is 10.3 Å². The van der Waals surface area contributed by atoms with Crippen LogP contribution in [0.2, 0.25) is 0 Å². The minimum atomic E-state index is -3.50. The van der Waals surface area contributed by atoms with Crippen LogP contribution < -0.4 is 14.8 Å². The SMILES string of the molecule is CCC(NC(=O)c1cc(S(=O)(=O)CC)cc2c1OCCCO2)c1ccc[nH]1. The normalized spacial score (nSPS) is 15.0. The number of fused-ring (bicyclic) bond motifs is 1. The van der Waals surface area contributed by atoms with Crippen LogP contribution >= 0.6 is 0 Å². The smallest absolute Gasteiger partial charge is 0.255 e. The summed E-state index contributed by atoms with van der Waals surface area (Å²) >= 11 is 0. The molecule has 8 heteroatoms. The minimum absolute atomic E-state index is 0.0617. The molecular weight excluding hydrogens is 368 g/mol. The molecule has 2 aromatic rings. The van der Waals surface area contributed by atoms with Crippen LogP contribution in [0.15, 0.2) is 35.4 Å². The molecular formula is C19H24N2O5S. The molecule has 7 nitrogen and oxygen atoms in total. The number of benzene rings is 1. The van der Waals surface area contributed by atoms with Crippen molar-refractivity contribution in [2.45, 2.75) is 37.6 Å². The molecule has 146 valence electrons. The number of rotatable bonds is 6. The fraction of sp³-hybridized carbons (Fsp3) is 0.421. The number of hydrogen-bond acceptors (Lipinski definition) is 5. The molecule has 1 aliphatic rings. The molecule has 1 aliphatic heterocycles. The number of amides is 1. The Hall–Kier alpha value is -2.48. The molecule has 1 unspecified atom stereocenters. The minimum Gasteiger partial charge on any atom is -0.489 e. The van der Waals surface area contributed by atoms with E-state index in [9.17, 15) is 13.2 Å². The van der Waals surface area contributed by atoms with E-state index in [1.165, 1.54) is 12.1 Å². The molecule has 0 radical (unpaired) electrons. The summed E-state index contributed by atoms with van der Waals surface area (Å²) in [6.07, 6.45) is 3.13. The Labute approximate surface area is 159 Å². The van der Waals surface area contributed by atoms with E-state index in [2.05, 4.69) is 10.3 Å². The molecule has 0 saturated carbocycles. The van der Waals surface area contributed by atoms with E-state index in [1.807, 2.05) is 19.1 Å². The van der Waals surface area contributed by atoms with Gasteiger partial charge < -0.3 is 19.8 Å². The lowest BCUT2D eigenvalue weighted by molar-refractivity contribution is 0.0930. The first-order valence-electron chi connectivity index (χ1n) is 9.06. The Morgan fingerprint density at radius 3 is 2.70 bits per heavy atom. The molecule has 1 aromatic heterocycles. The first-order chi connectivity index (χ1) is 13.0. The fourth-order valence-corrected chi connectivity index (χ4v) is 3.88. The molecule has 2 heterocycles. The summed E-state index contributed by atoms with van der Waals surface area (Å²) in [5.74, 6) is 0.126. The lowest BCUT2D eigenvalue weighted by atomic mass is 10.1. The first-order valence-corrected chi connectivity index (χ1v) is 10.7. The van der Waals surface area contributed by atoms with Gasteiger partial charge in [-0.15, -0.1) is 0 Å². The molecule has 2 N–H and O–H groups in total. The number of H-pyrrole nitrogens is 1. The number of nitrogens with one attached hydrogen (secondary N) is 2. The highest BCUT2D eigenvalue weighted by atomic mass is 32.2. The molecule has 0 fully saturated rings. The van der Waals surface area contributed by atoms with E-state index in [4.69, 9.17) is 9.47 Å². The van der Waals surface area contributed by atoms with Crippen LogP contribution in [0.4, 0.5) is 0 Å². The molecule has 0 aliphatic carbocycles. The van der Waals surface area contributed by atoms with Crippen molar-refractivity contribution in [2.24, 2.45) is 0 Å². The van der Waals surface area contributed by atoms with E-state index < -0.39 is 15.7 Å². The van der Waals surface area contributed by atoms with Crippen molar-refractivity contribution in [2.75, 3.05) is 19.0 Å². The van der Waals surface area contributed by atoms with Gasteiger partial charge in [-0.1, -0.05) is 13.8 Å². The second-order valence-corrected chi connectivity index (χ2v) is 8.59. The summed E-state index contributed by atoms with van der Waals surface area (Å²) in [7, 11) is -3.50. The van der Waals surface area contributed by atoms with Gasteiger partial charge in [-0.25, -0.2) is 8.42 Å². The second-order valence-electron chi connectivity index (χ2n) is 6.31. The Morgan fingerprint density at radius 1 is 1.26 bits per heavy atom. The molecule has 0 spiro atoms. The second kappa shape index (κ2) is 8.04. The molecule has 27 heavy (non-hydrogen) atoms. The van der Waals surface area contributed by atoms with E-state index in [1.54, 1.807) is 13.1 Å². The molecule has 1 aromatic carbocycles. The van der Waals surface area contributed by atoms with Crippen molar-refractivity contribution in [3.05, 3.63) is 41.7 Å². The predicted molar refractivity (Wildman–Crippen MR) is 101 cm³/mol. The number of hydrogen-bond donors (Lipinski definition) is 2. The zero-order valence-electron chi connectivity index (χ0n) is 15.4. The van der Waals surface area contributed by atoms with Crippen molar-refractivity contribution < 1.29 is 22.7 Å². The third-order valence-electron chi connectivity index (χ3n) is 4.52. The van der Waals surface area contributed by atoms with Crippen molar-refractivity contribution >= 4 is 15.7 Å². The molecule has 3 rings (SSSR count). The van der Waals surface area contributed by atoms with Gasteiger partial charge in [-0.3, -0.25) is 4.79 Å². The number of aromatic amines is 1. The quantitative estimate of drug-likeness (QED) is 0.788. The number of aromatic nitrogens is 1. The summed E-state index contributed by atoms with van der Waals surface area (Å²) in [6, 6.07) is 6.36. The van der Waals surface area contributed by atoms with Crippen molar-refractivity contribution in [3.63, 3.8) is 0 Å². The maximum atomic E-state index is 13.0. The van der Waals surface area contributed by atoms with Gasteiger partial charge in [0.1, 0.15) is 0 Å². The third kappa shape index (κ3) is 4.10. The number of sulfone groups is 1. The van der Waals surface area contributed by atoms with Gasteiger partial charge in [0.25, 0.3) is 5.91 Å². The van der Waals surface area contributed by atoms with Crippen LogP contribution in [0.1, 0.15) is 48.8 Å². The van der Waals surface area contributed by atoms with Gasteiger partial charge in [-0.05, 0) is 24.6 Å². The maximum Gasteiger partial charge on any atom is 0.255 e. The Bertz CT molecular complexity index is 906. The Morgan fingerprint density at radius 2 is 2.04 bits per heavy atom. The van der Waals surface area contributed by atoms with Crippen LogP contribution in [0.3, 0.4) is 0 Å². The maximum absolute atomic E-state index is 13.0. The number of carbonyl (C=O) groups is 1. The van der Waals surface area contributed by atoms with E-state index >= 15 is 0 Å². The third-order valence-corrected chi connectivity index (χ3v) is 6.23. The van der Waals surface area contributed by atoms with Crippen molar-refractivity contribution in [1.29, 1.82) is 0 Å². The highest BCUT2D eigenvalue weighted by molar-refractivity contribution is 7.91. The lowest BCUT2D eigenvalue weighted by Gasteiger charge is -2.19. The highest BCUT2D eigenvalue weighted by Crippen LogP contribution is 2.37. The molecule has 1 atom stereocenters. The van der Waals surface area contributed by atoms with Gasteiger partial charge in [0.15, 0.2) is 21.3 Å². The first kappa shape index (κ1) is 19.3. The zero-order valence-corrected chi connectivity index (χ0v) is 16.3. The molecule has 0 bridgehead atoms. The van der Waals surface area contributed by atoms with Gasteiger partial charge in [0.2, 0.25) is 0 Å². The average Bonchev–Trinajstić information content (AvgIpc) is 3.09. The number of carbonyl (C=O) groups excluding carboxylic acids is 1. The van der Waals surface area contributed by atoms with Crippen LogP contribution in [-0.2, 0) is 9.84 Å². The van der Waals surface area contributed by atoms with Gasteiger partial charge >= 0.3 is 0 Å². The van der Waals surface area contributed by atoms with Crippen LogP contribution in [0.5, 0.6) is 11.5 Å². The average molecular weight is 392 g/mol. The topological polar surface area (TPSA) is 97.5 Å². The zero-order chi connectivity index (χ0) is 19.4. The summed E-state index contributed by atoms with van der Waals surface area (Å²) < 4.78 is 36.1. The highest BCUT2D eigenvalue weighted by Gasteiger charge is 2.26. The van der Waals surface area contributed by atoms with Crippen LogP contribution in [-0.4, -0.2) is 38.3 Å². The Balaban J connectivity index is 2.02. The van der Waals surface area contributed by atoms with Gasteiger partial charge in [-0.2, -0.15) is 0 Å². The summed E-state index contributed by atoms with van der Waals surface area (Å²) in [5.41, 5.74) is 1.05. The standard InChI is InChI=1S/C19H24N2O5S/c1-3-15(16-7-5-8-20-16)21-19(22)14-11-13(27(23,24)4-2)12-17-18(14)26-10-6-9-25-17/h5,7-8,11-12,15,20H,3-4,6,9-10H2,1-2H3,(H,21,22). The van der Waals surface area contributed by atoms with E-state index in [0.29, 0.717) is 37.6 Å². The van der Waals surface area contributed by atoms with Gasteiger partial charge in [0.05, 0.1) is 35.5 Å². The molecule has 0 saturated heterocycles. The largest absolute Gasteiger partial charge is 0.489 e. The lowest BCUT2D eigenvalue weighted by Crippen LogP contribution is -2.29. The van der Waals surface area contributed by atoms with Gasteiger partial charge in [0, 0.05) is 24.4 Å². The fourth-order valence-electron chi connectivity index (χ4n) is 2.96. The summed E-state index contributed by atoms with van der Waals surface area (Å²) in [4.78, 5) is 16.2.